The minimum Gasteiger partial charge on any atom is -0.489 e. The zero-order valence-electron chi connectivity index (χ0n) is 12.1. The Bertz CT molecular complexity index is 456. The van der Waals surface area contributed by atoms with E-state index in [9.17, 15) is 4.39 Å². The molecule has 0 aliphatic carbocycles. The van der Waals surface area contributed by atoms with E-state index in [1.807, 2.05) is 6.08 Å². The molecule has 1 saturated heterocycles. The average molecular weight is 335 g/mol. The Labute approximate surface area is 136 Å². The Morgan fingerprint density at radius 3 is 2.67 bits per heavy atom. The second-order valence-electron chi connectivity index (χ2n) is 4.71. The van der Waals surface area contributed by atoms with Gasteiger partial charge in [-0.25, -0.2) is 4.39 Å². The van der Waals surface area contributed by atoms with Gasteiger partial charge in [0.05, 0.1) is 17.7 Å². The number of nitrogens with one attached hydrogen (secondary N) is 1. The van der Waals surface area contributed by atoms with Crippen LogP contribution in [0.5, 0.6) is 5.75 Å². The van der Waals surface area contributed by atoms with Gasteiger partial charge in [0, 0.05) is 26.2 Å². The summed E-state index contributed by atoms with van der Waals surface area (Å²) < 4.78 is 19.3. The van der Waals surface area contributed by atoms with Gasteiger partial charge in [-0.3, -0.25) is 4.90 Å². The van der Waals surface area contributed by atoms with Crippen molar-refractivity contribution in [2.24, 2.45) is 0 Å². The molecule has 0 spiro atoms. The fourth-order valence-electron chi connectivity index (χ4n) is 2.49. The summed E-state index contributed by atoms with van der Waals surface area (Å²) in [6.07, 6.45) is 1.83. The molecule has 0 saturated carbocycles. The van der Waals surface area contributed by atoms with Crippen LogP contribution in [0.4, 0.5) is 4.39 Å². The lowest BCUT2D eigenvalue weighted by Gasteiger charge is -2.33. The summed E-state index contributed by atoms with van der Waals surface area (Å²) in [6, 6.07) is 3.23. The van der Waals surface area contributed by atoms with E-state index in [0.29, 0.717) is 11.6 Å². The summed E-state index contributed by atoms with van der Waals surface area (Å²) in [5, 5.41) is 3.61. The van der Waals surface area contributed by atoms with Crippen LogP contribution in [0.25, 0.3) is 0 Å². The maximum atomic E-state index is 14.1. The molecule has 2 rings (SSSR count). The zero-order valence-corrected chi connectivity index (χ0v) is 13.6. The van der Waals surface area contributed by atoms with Gasteiger partial charge >= 0.3 is 0 Å². The van der Waals surface area contributed by atoms with Gasteiger partial charge < -0.3 is 10.1 Å². The number of piperazine rings is 1. The van der Waals surface area contributed by atoms with E-state index in [1.165, 1.54) is 6.07 Å². The van der Waals surface area contributed by atoms with Crippen molar-refractivity contribution in [1.29, 1.82) is 0 Å². The van der Waals surface area contributed by atoms with E-state index in [-0.39, 0.29) is 24.2 Å². The van der Waals surface area contributed by atoms with Crippen molar-refractivity contribution in [3.8, 4) is 5.75 Å². The Kier molecular flexibility index (Phi) is 7.46. The molecule has 0 radical (unpaired) electrons. The van der Waals surface area contributed by atoms with Crippen molar-refractivity contribution < 1.29 is 9.13 Å². The van der Waals surface area contributed by atoms with Crippen LogP contribution < -0.4 is 10.1 Å². The van der Waals surface area contributed by atoms with Crippen LogP contribution in [0.15, 0.2) is 24.8 Å². The number of nitrogens with zero attached hydrogens (tertiary/aromatic N) is 1. The highest BCUT2D eigenvalue weighted by atomic mass is 35.5. The van der Waals surface area contributed by atoms with Crippen LogP contribution in [-0.2, 0) is 0 Å². The minimum atomic E-state index is -0.420. The molecule has 21 heavy (non-hydrogen) atoms. The van der Waals surface area contributed by atoms with E-state index in [4.69, 9.17) is 16.3 Å². The van der Waals surface area contributed by atoms with Gasteiger partial charge in [0.2, 0.25) is 0 Å². The fourth-order valence-corrected chi connectivity index (χ4v) is 2.76. The van der Waals surface area contributed by atoms with E-state index in [2.05, 4.69) is 16.8 Å². The second kappa shape index (κ2) is 8.59. The Morgan fingerprint density at radius 2 is 2.14 bits per heavy atom. The third kappa shape index (κ3) is 4.33. The van der Waals surface area contributed by atoms with Gasteiger partial charge in [-0.2, -0.15) is 0 Å². The normalized spacial score (nSPS) is 16.9. The average Bonchev–Trinajstić information content (AvgIpc) is 2.45. The molecule has 1 N–H and O–H groups in total. The molecule has 1 fully saturated rings. The molecule has 0 bridgehead atoms. The van der Waals surface area contributed by atoms with Crippen LogP contribution in [0, 0.1) is 5.82 Å². The lowest BCUT2D eigenvalue weighted by atomic mass is 10.0. The van der Waals surface area contributed by atoms with Gasteiger partial charge in [0.25, 0.3) is 0 Å². The summed E-state index contributed by atoms with van der Waals surface area (Å²) in [4.78, 5) is 2.26. The van der Waals surface area contributed by atoms with Crippen LogP contribution in [0.3, 0.4) is 0 Å². The lowest BCUT2D eigenvalue weighted by Crippen LogP contribution is -2.44. The van der Waals surface area contributed by atoms with Crippen molar-refractivity contribution >= 4 is 24.0 Å². The van der Waals surface area contributed by atoms with Crippen LogP contribution >= 0.6 is 24.0 Å². The first-order valence-corrected chi connectivity index (χ1v) is 7.24. The predicted octanol–water partition coefficient (Wildman–Crippen LogP) is 3.43. The molecule has 1 aliphatic heterocycles. The lowest BCUT2D eigenvalue weighted by molar-refractivity contribution is 0.203. The van der Waals surface area contributed by atoms with Gasteiger partial charge in [0.15, 0.2) is 11.6 Å². The molecule has 1 aromatic carbocycles. The third-order valence-corrected chi connectivity index (χ3v) is 3.70. The molecule has 0 unspecified atom stereocenters. The molecule has 1 atom stereocenters. The number of rotatable bonds is 5. The molecule has 6 heteroatoms. The first-order chi connectivity index (χ1) is 9.67. The van der Waals surface area contributed by atoms with Crippen molar-refractivity contribution in [3.05, 3.63) is 41.2 Å². The molecule has 1 aromatic rings. The van der Waals surface area contributed by atoms with Crippen LogP contribution in [0.1, 0.15) is 18.5 Å². The first kappa shape index (κ1) is 18.2. The molecule has 0 aromatic heterocycles. The Balaban J connectivity index is 0.00000220. The summed E-state index contributed by atoms with van der Waals surface area (Å²) >= 11 is 6.12. The fraction of sp³-hybridized carbons (Fsp3) is 0.467. The number of ether oxygens (including phenoxy) is 1. The van der Waals surface area contributed by atoms with Crippen LogP contribution in [-0.4, -0.2) is 37.7 Å². The molecule has 3 nitrogen and oxygen atoms in total. The molecule has 1 heterocycles. The highest BCUT2D eigenvalue weighted by Gasteiger charge is 2.22. The highest BCUT2D eigenvalue weighted by Crippen LogP contribution is 2.33. The maximum absolute atomic E-state index is 14.1. The molecule has 118 valence electrons. The number of hydrogen-bond donors (Lipinski definition) is 1. The summed E-state index contributed by atoms with van der Waals surface area (Å²) in [6.45, 7) is 9.73. The molecule has 0 amide bonds. The summed E-state index contributed by atoms with van der Waals surface area (Å²) in [5.41, 5.74) is 0.813. The van der Waals surface area contributed by atoms with Gasteiger partial charge in [0.1, 0.15) is 0 Å². The number of benzene rings is 1. The molecular weight excluding hydrogens is 314 g/mol. The van der Waals surface area contributed by atoms with Crippen LogP contribution in [0.2, 0.25) is 5.02 Å². The topological polar surface area (TPSA) is 24.5 Å². The van der Waals surface area contributed by atoms with Crippen molar-refractivity contribution in [3.63, 3.8) is 0 Å². The van der Waals surface area contributed by atoms with Crippen molar-refractivity contribution in [2.45, 2.75) is 13.0 Å². The summed E-state index contributed by atoms with van der Waals surface area (Å²) in [5.74, 6) is -0.294. The van der Waals surface area contributed by atoms with Gasteiger partial charge in [-0.15, -0.1) is 19.0 Å². The second-order valence-corrected chi connectivity index (χ2v) is 5.12. The zero-order chi connectivity index (χ0) is 14.5. The van der Waals surface area contributed by atoms with Crippen molar-refractivity contribution in [1.82, 2.24) is 10.2 Å². The van der Waals surface area contributed by atoms with E-state index in [0.717, 1.165) is 31.7 Å². The van der Waals surface area contributed by atoms with E-state index >= 15 is 0 Å². The predicted molar refractivity (Wildman–Crippen MR) is 87.2 cm³/mol. The number of hydrogen-bond acceptors (Lipinski definition) is 3. The van der Waals surface area contributed by atoms with E-state index < -0.39 is 5.82 Å². The summed E-state index contributed by atoms with van der Waals surface area (Å²) in [7, 11) is 0. The SMILES string of the molecule is C=C[C@H](c1cc(F)c(OCC)c(Cl)c1)N1CCNCC1.Cl. The third-order valence-electron chi connectivity index (χ3n) is 3.42. The first-order valence-electron chi connectivity index (χ1n) is 6.86. The largest absolute Gasteiger partial charge is 0.489 e. The number of halogens is 3. The molecule has 1 aliphatic rings. The highest BCUT2D eigenvalue weighted by molar-refractivity contribution is 6.32. The minimum absolute atomic E-state index is 0. The quantitative estimate of drug-likeness (QED) is 0.835. The Hall–Kier alpha value is -0.810. The Morgan fingerprint density at radius 1 is 1.48 bits per heavy atom. The van der Waals surface area contributed by atoms with Gasteiger partial charge in [-0.1, -0.05) is 17.7 Å². The molecular formula is C15H21Cl2FN2O. The maximum Gasteiger partial charge on any atom is 0.173 e. The van der Waals surface area contributed by atoms with Crippen molar-refractivity contribution in [2.75, 3.05) is 32.8 Å². The van der Waals surface area contributed by atoms with Gasteiger partial charge in [-0.05, 0) is 24.6 Å². The monoisotopic (exact) mass is 334 g/mol. The smallest absolute Gasteiger partial charge is 0.173 e. The van der Waals surface area contributed by atoms with E-state index in [1.54, 1.807) is 13.0 Å². The standard InChI is InChI=1S/C15H20ClFN2O.ClH/c1-3-14(19-7-5-18-6-8-19)11-9-12(16)15(20-4-2)13(17)10-11;/h3,9-10,14,18H,1,4-8H2,2H3;1H/t14-;/m1./s1.